The Labute approximate surface area is 127 Å². The lowest BCUT2D eigenvalue weighted by Crippen LogP contribution is -2.21. The van der Waals surface area contributed by atoms with Crippen LogP contribution in [0.15, 0.2) is 47.1 Å². The van der Waals surface area contributed by atoms with Gasteiger partial charge in [-0.1, -0.05) is 54.9 Å². The second-order valence-electron chi connectivity index (χ2n) is 5.61. The number of nitrogens with zero attached hydrogens (tertiary/aromatic N) is 1. The van der Waals surface area contributed by atoms with Crippen LogP contribution in [0.5, 0.6) is 0 Å². The minimum absolute atomic E-state index is 0.0847. The number of benzene rings is 1. The molecule has 0 fully saturated rings. The first kappa shape index (κ1) is 14.7. The molecule has 0 unspecified atom stereocenters. The average molecular weight is 333 g/mol. The van der Waals surface area contributed by atoms with E-state index < -0.39 is 0 Å². The number of carbonyl (C=O) groups excluding carboxylic acids is 1. The lowest BCUT2D eigenvalue weighted by Gasteiger charge is -2.22. The first-order valence-electron chi connectivity index (χ1n) is 6.40. The van der Waals surface area contributed by atoms with Crippen molar-refractivity contribution in [2.45, 2.75) is 26.2 Å². The molecule has 3 nitrogen and oxygen atoms in total. The zero-order valence-electron chi connectivity index (χ0n) is 11.8. The number of aromatic nitrogens is 1. The predicted molar refractivity (Wildman–Crippen MR) is 85.0 cm³/mol. The first-order valence-corrected chi connectivity index (χ1v) is 7.19. The Morgan fingerprint density at radius 1 is 1.20 bits per heavy atom. The van der Waals surface area contributed by atoms with E-state index in [-0.39, 0.29) is 11.3 Å². The van der Waals surface area contributed by atoms with Crippen LogP contribution in [0.1, 0.15) is 36.7 Å². The molecule has 0 aliphatic rings. The van der Waals surface area contributed by atoms with Crippen LogP contribution in [0, 0.1) is 0 Å². The van der Waals surface area contributed by atoms with E-state index in [1.165, 1.54) is 0 Å². The molecule has 0 atom stereocenters. The lowest BCUT2D eigenvalue weighted by atomic mass is 9.83. The van der Waals surface area contributed by atoms with E-state index in [9.17, 15) is 4.79 Å². The van der Waals surface area contributed by atoms with Crippen LogP contribution in [0.3, 0.4) is 0 Å². The summed E-state index contributed by atoms with van der Waals surface area (Å²) in [6.07, 6.45) is 1.65. The fourth-order valence-corrected chi connectivity index (χ4v) is 2.33. The van der Waals surface area contributed by atoms with Crippen molar-refractivity contribution in [3.05, 3.63) is 58.2 Å². The maximum absolute atomic E-state index is 12.4. The molecule has 2 aromatic rings. The van der Waals surface area contributed by atoms with Gasteiger partial charge in [0.05, 0.1) is 0 Å². The number of rotatable bonds is 2. The van der Waals surface area contributed by atoms with Crippen LogP contribution < -0.4 is 5.32 Å². The van der Waals surface area contributed by atoms with Gasteiger partial charge in [-0.3, -0.25) is 4.79 Å². The number of halogens is 1. The summed E-state index contributed by atoms with van der Waals surface area (Å²) in [5.74, 6) is 0.397. The maximum atomic E-state index is 12.4. The van der Waals surface area contributed by atoms with Gasteiger partial charge >= 0.3 is 0 Å². The Kier molecular flexibility index (Phi) is 4.23. The smallest absolute Gasteiger partial charge is 0.257 e. The second-order valence-corrected chi connectivity index (χ2v) is 6.52. The van der Waals surface area contributed by atoms with Crippen LogP contribution in [0.25, 0.3) is 0 Å². The van der Waals surface area contributed by atoms with E-state index in [2.05, 4.69) is 47.0 Å². The molecule has 0 bridgehead atoms. The molecule has 20 heavy (non-hydrogen) atoms. The summed E-state index contributed by atoms with van der Waals surface area (Å²) in [6, 6.07) is 11.3. The Morgan fingerprint density at radius 2 is 1.90 bits per heavy atom. The summed E-state index contributed by atoms with van der Waals surface area (Å²) in [5, 5.41) is 2.83. The fourth-order valence-electron chi connectivity index (χ4n) is 1.99. The van der Waals surface area contributed by atoms with Gasteiger partial charge in [0.15, 0.2) is 0 Å². The van der Waals surface area contributed by atoms with Gasteiger partial charge in [-0.25, -0.2) is 4.98 Å². The Balaban J connectivity index is 2.31. The summed E-state index contributed by atoms with van der Waals surface area (Å²) in [4.78, 5) is 16.6. The van der Waals surface area contributed by atoms with Gasteiger partial charge < -0.3 is 5.32 Å². The van der Waals surface area contributed by atoms with Gasteiger partial charge in [-0.15, -0.1) is 0 Å². The second kappa shape index (κ2) is 5.75. The summed E-state index contributed by atoms with van der Waals surface area (Å²) in [5.41, 5.74) is 1.62. The minimum Gasteiger partial charge on any atom is -0.307 e. The molecule has 0 spiro atoms. The van der Waals surface area contributed by atoms with Crippen molar-refractivity contribution in [2.24, 2.45) is 0 Å². The number of amides is 1. The Morgan fingerprint density at radius 3 is 2.55 bits per heavy atom. The number of pyridine rings is 1. The molecule has 0 saturated heterocycles. The molecule has 1 N–H and O–H groups in total. The summed E-state index contributed by atoms with van der Waals surface area (Å²) in [6.45, 7) is 6.28. The molecule has 104 valence electrons. The van der Waals surface area contributed by atoms with E-state index in [0.717, 1.165) is 10.0 Å². The van der Waals surface area contributed by atoms with E-state index in [1.807, 2.05) is 30.3 Å². The van der Waals surface area contributed by atoms with Crippen molar-refractivity contribution in [1.29, 1.82) is 0 Å². The van der Waals surface area contributed by atoms with Crippen LogP contribution in [-0.4, -0.2) is 10.9 Å². The largest absolute Gasteiger partial charge is 0.307 e. The molecule has 2 rings (SSSR count). The average Bonchev–Trinajstić information content (AvgIpc) is 2.37. The molecule has 0 aliphatic carbocycles. The number of nitrogens with one attached hydrogen (secondary N) is 1. The summed E-state index contributed by atoms with van der Waals surface area (Å²) in [7, 11) is 0. The quantitative estimate of drug-likeness (QED) is 0.885. The van der Waals surface area contributed by atoms with Crippen molar-refractivity contribution < 1.29 is 4.79 Å². The van der Waals surface area contributed by atoms with Crippen LogP contribution in [-0.2, 0) is 5.41 Å². The van der Waals surface area contributed by atoms with Crippen LogP contribution in [0.2, 0.25) is 0 Å². The van der Waals surface area contributed by atoms with Crippen molar-refractivity contribution in [1.82, 2.24) is 4.98 Å². The molecule has 0 aliphatic heterocycles. The highest BCUT2D eigenvalue weighted by atomic mass is 79.9. The van der Waals surface area contributed by atoms with Gasteiger partial charge in [0.1, 0.15) is 5.82 Å². The third-order valence-electron chi connectivity index (χ3n) is 2.94. The molecule has 4 heteroatoms. The third-order valence-corrected chi connectivity index (χ3v) is 3.44. The Bertz CT molecular complexity index is 632. The molecule has 1 aromatic heterocycles. The van der Waals surface area contributed by atoms with Crippen molar-refractivity contribution >= 4 is 27.7 Å². The first-order chi connectivity index (χ1) is 9.38. The molecule has 0 radical (unpaired) electrons. The topological polar surface area (TPSA) is 42.0 Å². The highest BCUT2D eigenvalue weighted by Gasteiger charge is 2.21. The van der Waals surface area contributed by atoms with Gasteiger partial charge in [0.25, 0.3) is 5.91 Å². The molecule has 1 amide bonds. The monoisotopic (exact) mass is 332 g/mol. The lowest BCUT2D eigenvalue weighted by molar-refractivity contribution is 0.102. The van der Waals surface area contributed by atoms with E-state index in [0.29, 0.717) is 11.4 Å². The molecule has 1 heterocycles. The molecular formula is C16H17BrN2O. The normalized spacial score (nSPS) is 11.2. The zero-order chi connectivity index (χ0) is 14.8. The van der Waals surface area contributed by atoms with Crippen LogP contribution in [0.4, 0.5) is 5.82 Å². The molecule has 0 saturated carbocycles. The summed E-state index contributed by atoms with van der Waals surface area (Å²) < 4.78 is 0.881. The number of anilines is 1. The van der Waals surface area contributed by atoms with Gasteiger partial charge in [-0.2, -0.15) is 0 Å². The third kappa shape index (κ3) is 3.45. The van der Waals surface area contributed by atoms with E-state index in [4.69, 9.17) is 0 Å². The van der Waals surface area contributed by atoms with Crippen molar-refractivity contribution in [3.63, 3.8) is 0 Å². The number of hydrogen-bond donors (Lipinski definition) is 1. The van der Waals surface area contributed by atoms with Crippen molar-refractivity contribution in [3.8, 4) is 0 Å². The standard InChI is InChI=1S/C16H17BrN2O/c1-16(2,3)13-7-5-4-6-12(13)15(20)19-14-10-11(17)8-9-18-14/h4-10H,1-3H3,(H,18,19,20). The number of hydrogen-bond acceptors (Lipinski definition) is 2. The molecular weight excluding hydrogens is 316 g/mol. The predicted octanol–water partition coefficient (Wildman–Crippen LogP) is 4.39. The Hall–Kier alpha value is -1.68. The van der Waals surface area contributed by atoms with Gasteiger partial charge in [0, 0.05) is 16.2 Å². The fraction of sp³-hybridized carbons (Fsp3) is 0.250. The summed E-state index contributed by atoms with van der Waals surface area (Å²) >= 11 is 3.36. The zero-order valence-corrected chi connectivity index (χ0v) is 13.4. The highest BCUT2D eigenvalue weighted by Crippen LogP contribution is 2.26. The SMILES string of the molecule is CC(C)(C)c1ccccc1C(=O)Nc1cc(Br)ccn1. The maximum Gasteiger partial charge on any atom is 0.257 e. The highest BCUT2D eigenvalue weighted by molar-refractivity contribution is 9.10. The van der Waals surface area contributed by atoms with Crippen LogP contribution >= 0.6 is 15.9 Å². The number of carbonyl (C=O) groups is 1. The van der Waals surface area contributed by atoms with Gasteiger partial charge in [-0.05, 0) is 29.2 Å². The molecule has 1 aromatic carbocycles. The van der Waals surface area contributed by atoms with Crippen molar-refractivity contribution in [2.75, 3.05) is 5.32 Å². The minimum atomic E-state index is -0.138. The van der Waals surface area contributed by atoms with E-state index >= 15 is 0 Å². The van der Waals surface area contributed by atoms with E-state index in [1.54, 1.807) is 12.3 Å². The van der Waals surface area contributed by atoms with Gasteiger partial charge in [0.2, 0.25) is 0 Å².